The van der Waals surface area contributed by atoms with Crippen LogP contribution in [0.25, 0.3) is 0 Å². The topological polar surface area (TPSA) is 85.2 Å². The number of ether oxygens (including phenoxy) is 1. The first kappa shape index (κ1) is 20.9. The van der Waals surface area contributed by atoms with Gasteiger partial charge in [0, 0.05) is 5.75 Å². The second-order valence-electron chi connectivity index (χ2n) is 4.66. The molecule has 0 saturated carbocycles. The zero-order valence-corrected chi connectivity index (χ0v) is 14.5. The number of unbranched alkanes of at least 4 members (excludes halogenated alkanes) is 3. The van der Waals surface area contributed by atoms with Gasteiger partial charge in [-0.3, -0.25) is 4.79 Å². The standard InChI is InChI=1S/C15H27NO5S/c1-4-6-7-8-10-21-16-13(15(19)20-5-2)14(18)12(3)22-11-9-17/h12,17H,4-11H2,1-3H3/b16-13+. The van der Waals surface area contributed by atoms with Crippen molar-refractivity contribution < 1.29 is 24.3 Å². The first-order valence-electron chi connectivity index (χ1n) is 7.72. The van der Waals surface area contributed by atoms with Crippen molar-refractivity contribution in [3.05, 3.63) is 0 Å². The van der Waals surface area contributed by atoms with Crippen LogP contribution in [0.3, 0.4) is 0 Å². The molecule has 128 valence electrons. The first-order chi connectivity index (χ1) is 10.6. The Hall–Kier alpha value is -1.08. The molecule has 0 aliphatic heterocycles. The molecule has 22 heavy (non-hydrogen) atoms. The lowest BCUT2D eigenvalue weighted by Gasteiger charge is -2.10. The highest BCUT2D eigenvalue weighted by Crippen LogP contribution is 2.12. The monoisotopic (exact) mass is 333 g/mol. The summed E-state index contributed by atoms with van der Waals surface area (Å²) in [5.41, 5.74) is -0.310. The molecule has 0 saturated heterocycles. The van der Waals surface area contributed by atoms with Gasteiger partial charge in [-0.25, -0.2) is 4.79 Å². The minimum atomic E-state index is -0.766. The highest BCUT2D eigenvalue weighted by atomic mass is 32.2. The third-order valence-electron chi connectivity index (χ3n) is 2.78. The Balaban J connectivity index is 4.60. The van der Waals surface area contributed by atoms with E-state index in [1.165, 1.54) is 11.8 Å². The highest BCUT2D eigenvalue weighted by molar-refractivity contribution is 8.00. The van der Waals surface area contributed by atoms with E-state index in [2.05, 4.69) is 12.1 Å². The highest BCUT2D eigenvalue weighted by Gasteiger charge is 2.27. The molecule has 0 aromatic carbocycles. The van der Waals surface area contributed by atoms with Crippen LogP contribution in [-0.4, -0.2) is 53.4 Å². The summed E-state index contributed by atoms with van der Waals surface area (Å²) in [5, 5.41) is 12.0. The Morgan fingerprint density at radius 1 is 1.23 bits per heavy atom. The van der Waals surface area contributed by atoms with Gasteiger partial charge >= 0.3 is 5.97 Å². The number of aliphatic hydroxyl groups excluding tert-OH is 1. The van der Waals surface area contributed by atoms with Crippen LogP contribution in [0, 0.1) is 0 Å². The minimum Gasteiger partial charge on any atom is -0.461 e. The van der Waals surface area contributed by atoms with Gasteiger partial charge in [0.15, 0.2) is 0 Å². The molecule has 0 aromatic rings. The lowest BCUT2D eigenvalue weighted by molar-refractivity contribution is -0.136. The van der Waals surface area contributed by atoms with E-state index < -0.39 is 17.0 Å². The predicted molar refractivity (Wildman–Crippen MR) is 88.2 cm³/mol. The molecule has 6 nitrogen and oxygen atoms in total. The number of hydrogen-bond acceptors (Lipinski definition) is 7. The summed E-state index contributed by atoms with van der Waals surface area (Å²) >= 11 is 1.25. The normalized spacial score (nSPS) is 12.8. The van der Waals surface area contributed by atoms with Gasteiger partial charge in [0.25, 0.3) is 0 Å². The quantitative estimate of drug-likeness (QED) is 0.183. The van der Waals surface area contributed by atoms with Gasteiger partial charge in [0.2, 0.25) is 11.5 Å². The van der Waals surface area contributed by atoms with Crippen LogP contribution in [0.1, 0.15) is 46.5 Å². The molecule has 1 atom stereocenters. The fraction of sp³-hybridized carbons (Fsp3) is 0.800. The number of hydrogen-bond donors (Lipinski definition) is 1. The second-order valence-corrected chi connectivity index (χ2v) is 6.10. The number of esters is 1. The third-order valence-corrected chi connectivity index (χ3v) is 3.91. The maximum Gasteiger partial charge on any atom is 0.364 e. The lowest BCUT2D eigenvalue weighted by atomic mass is 10.2. The number of carbonyl (C=O) groups is 2. The second kappa shape index (κ2) is 13.6. The Morgan fingerprint density at radius 2 is 1.95 bits per heavy atom. The molecule has 0 bridgehead atoms. The van der Waals surface area contributed by atoms with Gasteiger partial charge in [-0.2, -0.15) is 0 Å². The Bertz CT molecular complexity index is 360. The van der Waals surface area contributed by atoms with Crippen molar-refractivity contribution in [1.29, 1.82) is 0 Å². The Labute approximate surface area is 136 Å². The third kappa shape index (κ3) is 9.04. The van der Waals surface area contributed by atoms with Gasteiger partial charge in [0.05, 0.1) is 18.5 Å². The Morgan fingerprint density at radius 3 is 2.55 bits per heavy atom. The van der Waals surface area contributed by atoms with Crippen molar-refractivity contribution >= 4 is 29.2 Å². The number of rotatable bonds is 13. The van der Waals surface area contributed by atoms with Gasteiger partial charge in [0.1, 0.15) is 6.61 Å². The van der Waals surface area contributed by atoms with Crippen LogP contribution in [0.4, 0.5) is 0 Å². The van der Waals surface area contributed by atoms with E-state index in [1.807, 2.05) is 0 Å². The maximum absolute atomic E-state index is 12.2. The number of thioether (sulfide) groups is 1. The van der Waals surface area contributed by atoms with Crippen LogP contribution < -0.4 is 0 Å². The summed E-state index contributed by atoms with van der Waals surface area (Å²) in [5.74, 6) is -0.788. The van der Waals surface area contributed by atoms with Gasteiger partial charge < -0.3 is 14.7 Å². The van der Waals surface area contributed by atoms with Gasteiger partial charge in [-0.1, -0.05) is 24.9 Å². The summed E-state index contributed by atoms with van der Waals surface area (Å²) in [6.45, 7) is 5.95. The zero-order chi connectivity index (χ0) is 16.8. The number of ketones is 1. The average Bonchev–Trinajstić information content (AvgIpc) is 2.51. The number of nitrogens with zero attached hydrogens (tertiary/aromatic N) is 1. The molecule has 0 aliphatic carbocycles. The fourth-order valence-electron chi connectivity index (χ4n) is 1.58. The van der Waals surface area contributed by atoms with Crippen LogP contribution >= 0.6 is 11.8 Å². The van der Waals surface area contributed by atoms with Crippen LogP contribution in [-0.2, 0) is 19.2 Å². The number of Topliss-reactive ketones (excluding diaryl/α,β-unsaturated/α-hetero) is 1. The van der Waals surface area contributed by atoms with E-state index in [0.717, 1.165) is 25.7 Å². The van der Waals surface area contributed by atoms with Gasteiger partial charge in [-0.05, 0) is 26.7 Å². The molecule has 1 unspecified atom stereocenters. The number of aliphatic hydroxyl groups is 1. The fourth-order valence-corrected chi connectivity index (χ4v) is 2.31. The smallest absolute Gasteiger partial charge is 0.364 e. The van der Waals surface area contributed by atoms with E-state index in [9.17, 15) is 9.59 Å². The summed E-state index contributed by atoms with van der Waals surface area (Å²) in [6.07, 6.45) is 4.09. The molecule has 0 aromatic heterocycles. The molecule has 0 amide bonds. The molecule has 0 spiro atoms. The summed E-state index contributed by atoms with van der Waals surface area (Å²) in [4.78, 5) is 29.1. The van der Waals surface area contributed by atoms with Crippen molar-refractivity contribution in [3.8, 4) is 0 Å². The lowest BCUT2D eigenvalue weighted by Crippen LogP contribution is -2.32. The molecule has 0 heterocycles. The van der Waals surface area contributed by atoms with Crippen LogP contribution in [0.15, 0.2) is 5.16 Å². The van der Waals surface area contributed by atoms with Crippen molar-refractivity contribution in [1.82, 2.24) is 0 Å². The molecule has 1 N–H and O–H groups in total. The minimum absolute atomic E-state index is 0.0257. The van der Waals surface area contributed by atoms with E-state index >= 15 is 0 Å². The van der Waals surface area contributed by atoms with Gasteiger partial charge in [-0.15, -0.1) is 11.8 Å². The number of oxime groups is 1. The van der Waals surface area contributed by atoms with Crippen LogP contribution in [0.5, 0.6) is 0 Å². The SMILES string of the molecule is CCCCCCO/N=C(/C(=O)OCC)C(=O)C(C)SCCO. The summed E-state index contributed by atoms with van der Waals surface area (Å²) in [6, 6.07) is 0. The molecule has 0 radical (unpaired) electrons. The molecule has 0 rings (SSSR count). The number of carbonyl (C=O) groups excluding carboxylic acids is 2. The molecule has 7 heteroatoms. The van der Waals surface area contributed by atoms with E-state index in [4.69, 9.17) is 14.7 Å². The Kier molecular flexibility index (Phi) is 12.9. The first-order valence-corrected chi connectivity index (χ1v) is 8.77. The largest absolute Gasteiger partial charge is 0.461 e. The van der Waals surface area contributed by atoms with Crippen molar-refractivity contribution in [2.75, 3.05) is 25.6 Å². The van der Waals surface area contributed by atoms with Crippen LogP contribution in [0.2, 0.25) is 0 Å². The van der Waals surface area contributed by atoms with E-state index in [-0.39, 0.29) is 18.9 Å². The summed E-state index contributed by atoms with van der Waals surface area (Å²) in [7, 11) is 0. The van der Waals surface area contributed by atoms with E-state index in [1.54, 1.807) is 13.8 Å². The average molecular weight is 333 g/mol. The molecular weight excluding hydrogens is 306 g/mol. The van der Waals surface area contributed by atoms with Crippen molar-refractivity contribution in [2.45, 2.75) is 51.7 Å². The summed E-state index contributed by atoms with van der Waals surface area (Å²) < 4.78 is 4.85. The zero-order valence-electron chi connectivity index (χ0n) is 13.7. The maximum atomic E-state index is 12.2. The molecule has 0 aliphatic rings. The molecule has 0 fully saturated rings. The predicted octanol–water partition coefficient (Wildman–Crippen LogP) is 2.19. The van der Waals surface area contributed by atoms with Crippen molar-refractivity contribution in [3.63, 3.8) is 0 Å². The van der Waals surface area contributed by atoms with Crippen molar-refractivity contribution in [2.24, 2.45) is 5.16 Å². The van der Waals surface area contributed by atoms with E-state index in [0.29, 0.717) is 12.4 Å². The molecular formula is C15H27NO5S.